The lowest BCUT2D eigenvalue weighted by Crippen LogP contribution is -2.30. The number of rotatable bonds is 11. The van der Waals surface area contributed by atoms with Crippen molar-refractivity contribution in [1.82, 2.24) is 30.2 Å². The maximum atomic E-state index is 13.6. The average Bonchev–Trinajstić information content (AvgIpc) is 3.44. The second kappa shape index (κ2) is 11.7. The number of aromatic amines is 1. The van der Waals surface area contributed by atoms with Crippen molar-refractivity contribution in [1.29, 1.82) is 0 Å². The number of nitrogens with zero attached hydrogens (tertiary/aromatic N) is 5. The molecule has 0 aliphatic rings. The normalized spacial score (nSPS) is 11.2. The molecule has 0 saturated heterocycles. The Morgan fingerprint density at radius 2 is 1.66 bits per heavy atom. The zero-order valence-corrected chi connectivity index (χ0v) is 20.9. The van der Waals surface area contributed by atoms with Gasteiger partial charge in [-0.2, -0.15) is 0 Å². The Morgan fingerprint density at radius 1 is 0.914 bits per heavy atom. The van der Waals surface area contributed by atoms with Crippen LogP contribution in [-0.4, -0.2) is 30.2 Å². The number of tetrazole rings is 1. The maximum absolute atomic E-state index is 13.6. The molecule has 1 N–H and O–H groups in total. The molecule has 0 aliphatic carbocycles. The van der Waals surface area contributed by atoms with Crippen LogP contribution in [0.1, 0.15) is 69.1 Å². The molecule has 0 saturated carbocycles. The van der Waals surface area contributed by atoms with E-state index < -0.39 is 0 Å². The van der Waals surface area contributed by atoms with Crippen LogP contribution in [0.3, 0.4) is 0 Å². The van der Waals surface area contributed by atoms with Crippen LogP contribution in [-0.2, 0) is 25.8 Å². The molecule has 0 bridgehead atoms. The van der Waals surface area contributed by atoms with Gasteiger partial charge in [0.05, 0.1) is 5.69 Å². The number of aryl methyl sites for hydroxylation is 2. The van der Waals surface area contributed by atoms with Gasteiger partial charge in [-0.25, -0.2) is 10.1 Å². The second-order valence-corrected chi connectivity index (χ2v) is 8.89. The molecule has 0 amide bonds. The van der Waals surface area contributed by atoms with E-state index in [1.54, 1.807) is 0 Å². The van der Waals surface area contributed by atoms with Crippen molar-refractivity contribution in [2.75, 3.05) is 0 Å². The number of hydrogen-bond donors (Lipinski definition) is 1. The van der Waals surface area contributed by atoms with Gasteiger partial charge in [0, 0.05) is 30.5 Å². The smallest absolute Gasteiger partial charge is 0.257 e. The van der Waals surface area contributed by atoms with Crippen molar-refractivity contribution in [2.24, 2.45) is 0 Å². The molecule has 2 aromatic carbocycles. The molecule has 0 unspecified atom stereocenters. The van der Waals surface area contributed by atoms with E-state index in [4.69, 9.17) is 4.98 Å². The highest BCUT2D eigenvalue weighted by atomic mass is 16.1. The summed E-state index contributed by atoms with van der Waals surface area (Å²) in [5, 5.41) is 14.3. The molecule has 182 valence electrons. The van der Waals surface area contributed by atoms with E-state index in [9.17, 15) is 4.79 Å². The van der Waals surface area contributed by atoms with Crippen LogP contribution in [0.25, 0.3) is 22.5 Å². The summed E-state index contributed by atoms with van der Waals surface area (Å²) in [6.07, 6.45) is 6.36. The molecule has 7 heteroatoms. The van der Waals surface area contributed by atoms with Gasteiger partial charge < -0.3 is 0 Å². The molecule has 4 aromatic rings. The predicted molar refractivity (Wildman–Crippen MR) is 139 cm³/mol. The molecular weight excluding hydrogens is 436 g/mol. The fraction of sp³-hybridized carbons (Fsp3) is 0.393. The minimum atomic E-state index is 0.128. The molecule has 0 atom stereocenters. The van der Waals surface area contributed by atoms with Gasteiger partial charge in [-0.1, -0.05) is 82.1 Å². The highest BCUT2D eigenvalue weighted by molar-refractivity contribution is 5.80. The van der Waals surface area contributed by atoms with E-state index in [2.05, 4.69) is 71.7 Å². The highest BCUT2D eigenvalue weighted by Crippen LogP contribution is 2.30. The number of aromatic nitrogens is 6. The first-order valence-electron chi connectivity index (χ1n) is 12.7. The van der Waals surface area contributed by atoms with Crippen LogP contribution in [0.15, 0.2) is 53.3 Å². The number of benzene rings is 2. The lowest BCUT2D eigenvalue weighted by molar-refractivity contribution is 0.561. The Labute approximate surface area is 206 Å². The van der Waals surface area contributed by atoms with Crippen molar-refractivity contribution in [3.63, 3.8) is 0 Å². The van der Waals surface area contributed by atoms with E-state index in [0.717, 1.165) is 84.4 Å². The summed E-state index contributed by atoms with van der Waals surface area (Å²) < 4.78 is 1.91. The summed E-state index contributed by atoms with van der Waals surface area (Å²) in [5.41, 5.74) is 6.12. The molecule has 2 aromatic heterocycles. The Balaban J connectivity index is 1.67. The van der Waals surface area contributed by atoms with Crippen molar-refractivity contribution in [3.8, 4) is 22.5 Å². The predicted octanol–water partition coefficient (Wildman–Crippen LogP) is 5.39. The van der Waals surface area contributed by atoms with E-state index in [1.807, 2.05) is 22.8 Å². The first-order chi connectivity index (χ1) is 17.2. The molecule has 0 fully saturated rings. The molecule has 0 aliphatic heterocycles. The fourth-order valence-corrected chi connectivity index (χ4v) is 4.45. The monoisotopic (exact) mass is 470 g/mol. The van der Waals surface area contributed by atoms with Gasteiger partial charge in [-0.15, -0.1) is 5.10 Å². The first-order valence-corrected chi connectivity index (χ1v) is 12.7. The lowest BCUT2D eigenvalue weighted by atomic mass is 9.96. The zero-order valence-electron chi connectivity index (χ0n) is 20.9. The van der Waals surface area contributed by atoms with Crippen LogP contribution in [0.4, 0.5) is 0 Å². The van der Waals surface area contributed by atoms with E-state index in [0.29, 0.717) is 12.2 Å². The van der Waals surface area contributed by atoms with Crippen LogP contribution < -0.4 is 5.56 Å². The van der Waals surface area contributed by atoms with Crippen molar-refractivity contribution < 1.29 is 0 Å². The summed E-state index contributed by atoms with van der Waals surface area (Å²) in [6.45, 7) is 7.14. The maximum Gasteiger partial charge on any atom is 0.257 e. The van der Waals surface area contributed by atoms with Gasteiger partial charge >= 0.3 is 0 Å². The largest absolute Gasteiger partial charge is 0.296 e. The second-order valence-electron chi connectivity index (χ2n) is 8.89. The van der Waals surface area contributed by atoms with Gasteiger partial charge in [0.15, 0.2) is 5.82 Å². The summed E-state index contributed by atoms with van der Waals surface area (Å²) in [7, 11) is 0. The molecular formula is C28H34N6O. The molecule has 0 spiro atoms. The molecule has 35 heavy (non-hydrogen) atoms. The highest BCUT2D eigenvalue weighted by Gasteiger charge is 2.16. The van der Waals surface area contributed by atoms with Gasteiger partial charge in [0.2, 0.25) is 0 Å². The third kappa shape index (κ3) is 5.56. The van der Waals surface area contributed by atoms with E-state index in [-0.39, 0.29) is 5.56 Å². The Kier molecular flexibility index (Phi) is 8.19. The van der Waals surface area contributed by atoms with Crippen molar-refractivity contribution in [2.45, 2.75) is 72.3 Å². The summed E-state index contributed by atoms with van der Waals surface area (Å²) in [6, 6.07) is 16.5. The quantitative estimate of drug-likeness (QED) is 0.318. The Hall–Kier alpha value is -3.61. The minimum Gasteiger partial charge on any atom is -0.296 e. The van der Waals surface area contributed by atoms with E-state index in [1.165, 1.54) is 0 Å². The van der Waals surface area contributed by atoms with Gasteiger partial charge in [-0.3, -0.25) is 9.36 Å². The number of nitrogens with one attached hydrogen (secondary N) is 1. The number of H-pyrrole nitrogens is 1. The summed E-state index contributed by atoms with van der Waals surface area (Å²) in [4.78, 5) is 18.6. The lowest BCUT2D eigenvalue weighted by Gasteiger charge is -2.17. The van der Waals surface area contributed by atoms with Crippen LogP contribution in [0.5, 0.6) is 0 Å². The van der Waals surface area contributed by atoms with E-state index >= 15 is 0 Å². The molecule has 4 rings (SSSR count). The third-order valence-corrected chi connectivity index (χ3v) is 6.42. The average molecular weight is 471 g/mol. The Morgan fingerprint density at radius 3 is 2.31 bits per heavy atom. The first kappa shape index (κ1) is 24.5. The molecule has 7 nitrogen and oxygen atoms in total. The van der Waals surface area contributed by atoms with Crippen molar-refractivity contribution in [3.05, 3.63) is 81.5 Å². The number of unbranched alkanes of at least 4 members (excludes halogenated alkanes) is 2. The van der Waals surface area contributed by atoms with Crippen LogP contribution in [0, 0.1) is 0 Å². The molecule has 2 heterocycles. The van der Waals surface area contributed by atoms with Gasteiger partial charge in [0.25, 0.3) is 5.56 Å². The fourth-order valence-electron chi connectivity index (χ4n) is 4.45. The van der Waals surface area contributed by atoms with Gasteiger partial charge in [-0.05, 0) is 46.4 Å². The van der Waals surface area contributed by atoms with Gasteiger partial charge in [0.1, 0.15) is 5.82 Å². The SMILES string of the molecule is CCCCc1nc(CC)n(CCCC)c(=O)c1Cc1ccc(-c2ccccc2-c2nnn[nH]2)cc1. The standard InChI is InChI=1S/C28H34N6O/c1-4-7-13-25-24(28(35)34(18-8-5-2)26(6-3)29-25)19-20-14-16-21(17-15-20)22-11-9-10-12-23(22)27-30-32-33-31-27/h9-12,14-17H,4-8,13,18-19H2,1-3H3,(H,30,31,32,33). The minimum absolute atomic E-state index is 0.128. The van der Waals surface area contributed by atoms with Crippen molar-refractivity contribution >= 4 is 0 Å². The molecule has 0 radical (unpaired) electrons. The summed E-state index contributed by atoms with van der Waals surface area (Å²) >= 11 is 0. The Bertz CT molecular complexity index is 1290. The number of hydrogen-bond acceptors (Lipinski definition) is 5. The van der Waals surface area contributed by atoms with Crippen LogP contribution >= 0.6 is 0 Å². The topological polar surface area (TPSA) is 89.3 Å². The zero-order chi connectivity index (χ0) is 24.6. The van der Waals surface area contributed by atoms with Crippen LogP contribution in [0.2, 0.25) is 0 Å². The third-order valence-electron chi connectivity index (χ3n) is 6.42. The summed E-state index contributed by atoms with van der Waals surface area (Å²) in [5.74, 6) is 1.55.